The summed E-state index contributed by atoms with van der Waals surface area (Å²) in [6, 6.07) is 7.33. The van der Waals surface area contributed by atoms with Gasteiger partial charge < -0.3 is 10.2 Å². The maximum Gasteiger partial charge on any atom is 0.322 e. The molecule has 2 fully saturated rings. The van der Waals surface area contributed by atoms with Crippen molar-refractivity contribution in [3.05, 3.63) is 35.4 Å². The highest BCUT2D eigenvalue weighted by Crippen LogP contribution is 2.25. The van der Waals surface area contributed by atoms with Crippen molar-refractivity contribution in [2.45, 2.75) is 25.3 Å². The van der Waals surface area contributed by atoms with Crippen molar-refractivity contribution in [1.82, 2.24) is 15.5 Å². The highest BCUT2D eigenvalue weighted by Gasteiger charge is 2.51. The van der Waals surface area contributed by atoms with Gasteiger partial charge in [-0.3, -0.25) is 14.9 Å². The van der Waals surface area contributed by atoms with Crippen molar-refractivity contribution in [3.63, 3.8) is 0 Å². The number of hydrogen-bond acceptors (Lipinski definition) is 3. The Morgan fingerprint density at radius 1 is 1.38 bits per heavy atom. The maximum absolute atomic E-state index is 12.3. The van der Waals surface area contributed by atoms with E-state index in [9.17, 15) is 14.4 Å². The lowest BCUT2D eigenvalue weighted by molar-refractivity contribution is -0.130. The van der Waals surface area contributed by atoms with Crippen LogP contribution in [0.5, 0.6) is 0 Å². The van der Waals surface area contributed by atoms with Crippen molar-refractivity contribution < 1.29 is 14.4 Å². The number of aryl methyl sites for hydroxylation is 1. The van der Waals surface area contributed by atoms with E-state index in [-0.39, 0.29) is 18.4 Å². The number of hydrogen-bond donors (Lipinski definition) is 2. The van der Waals surface area contributed by atoms with E-state index in [1.165, 1.54) is 0 Å². The smallest absolute Gasteiger partial charge is 0.322 e. The van der Waals surface area contributed by atoms with Crippen molar-refractivity contribution in [3.8, 4) is 0 Å². The Labute approximate surface area is 122 Å². The van der Waals surface area contributed by atoms with E-state index in [1.807, 2.05) is 31.2 Å². The van der Waals surface area contributed by atoms with E-state index in [0.717, 1.165) is 11.1 Å². The van der Waals surface area contributed by atoms with E-state index in [4.69, 9.17) is 0 Å². The summed E-state index contributed by atoms with van der Waals surface area (Å²) in [4.78, 5) is 37.1. The van der Waals surface area contributed by atoms with Crippen LogP contribution >= 0.6 is 0 Å². The molecule has 6 nitrogen and oxygen atoms in total. The molecule has 110 valence electrons. The highest BCUT2D eigenvalue weighted by molar-refractivity contribution is 6.07. The Morgan fingerprint density at radius 2 is 2.19 bits per heavy atom. The maximum atomic E-state index is 12.3. The van der Waals surface area contributed by atoms with Crippen molar-refractivity contribution in [2.75, 3.05) is 13.1 Å². The van der Waals surface area contributed by atoms with E-state index < -0.39 is 11.6 Å². The predicted molar refractivity (Wildman–Crippen MR) is 75.5 cm³/mol. The second-order valence-electron chi connectivity index (χ2n) is 5.72. The molecule has 2 aliphatic heterocycles. The summed E-state index contributed by atoms with van der Waals surface area (Å²) in [6.45, 7) is 2.71. The third kappa shape index (κ3) is 2.49. The minimum atomic E-state index is -0.931. The Hall–Kier alpha value is -2.37. The van der Waals surface area contributed by atoms with Gasteiger partial charge in [0.25, 0.3) is 5.91 Å². The van der Waals surface area contributed by atoms with Crippen LogP contribution in [0.25, 0.3) is 0 Å². The van der Waals surface area contributed by atoms with Gasteiger partial charge in [0, 0.05) is 6.54 Å². The molecule has 1 aromatic rings. The van der Waals surface area contributed by atoms with E-state index in [1.54, 1.807) is 4.90 Å². The molecular weight excluding hydrogens is 270 g/mol. The molecule has 2 N–H and O–H groups in total. The van der Waals surface area contributed by atoms with Gasteiger partial charge in [0.15, 0.2) is 0 Å². The lowest BCUT2D eigenvalue weighted by Crippen LogP contribution is -2.49. The molecule has 3 rings (SSSR count). The summed E-state index contributed by atoms with van der Waals surface area (Å²) in [5, 5.41) is 4.88. The number of carbonyl (C=O) groups excluding carboxylic acids is 3. The number of likely N-dealkylation sites (tertiary alicyclic amines) is 1. The zero-order chi connectivity index (χ0) is 15.0. The molecule has 0 bridgehead atoms. The minimum absolute atomic E-state index is 0.0218. The van der Waals surface area contributed by atoms with Gasteiger partial charge in [0.1, 0.15) is 5.54 Å². The van der Waals surface area contributed by atoms with Gasteiger partial charge in [0.2, 0.25) is 5.91 Å². The molecular formula is C15H17N3O3. The Bertz CT molecular complexity index is 628. The first kappa shape index (κ1) is 13.6. The number of carbonyl (C=O) groups is 3. The van der Waals surface area contributed by atoms with Crippen LogP contribution in [-0.4, -0.2) is 41.4 Å². The predicted octanol–water partition coefficient (Wildman–Crippen LogP) is 0.348. The van der Waals surface area contributed by atoms with E-state index in [0.29, 0.717) is 19.4 Å². The molecule has 1 aromatic carbocycles. The topological polar surface area (TPSA) is 78.5 Å². The molecule has 2 aliphatic rings. The first-order chi connectivity index (χ1) is 9.98. The molecule has 2 heterocycles. The van der Waals surface area contributed by atoms with Crippen LogP contribution in [0.2, 0.25) is 0 Å². The lowest BCUT2D eigenvalue weighted by atomic mass is 9.99. The van der Waals surface area contributed by atoms with Gasteiger partial charge in [-0.25, -0.2) is 4.79 Å². The zero-order valence-electron chi connectivity index (χ0n) is 11.8. The molecule has 1 spiro atoms. The Balaban J connectivity index is 1.67. The normalized spacial score (nSPS) is 24.3. The van der Waals surface area contributed by atoms with Crippen LogP contribution in [0, 0.1) is 6.92 Å². The largest absolute Gasteiger partial charge is 0.339 e. The fourth-order valence-corrected chi connectivity index (χ4v) is 2.95. The first-order valence-electron chi connectivity index (χ1n) is 6.95. The van der Waals surface area contributed by atoms with E-state index in [2.05, 4.69) is 10.6 Å². The summed E-state index contributed by atoms with van der Waals surface area (Å²) in [6.07, 6.45) is 0.775. The van der Waals surface area contributed by atoms with Gasteiger partial charge in [-0.15, -0.1) is 0 Å². The zero-order valence-corrected chi connectivity index (χ0v) is 11.8. The molecule has 4 amide bonds. The second kappa shape index (κ2) is 4.87. The standard InChI is InChI=1S/C15H17N3O3/c1-10-3-2-4-11(7-10)8-12(19)18-6-5-15(9-18)13(20)16-14(21)17-15/h2-4,7H,5-6,8-9H2,1H3,(H2,16,17,20,21). The van der Waals surface area contributed by atoms with Gasteiger partial charge in [-0.05, 0) is 18.9 Å². The number of urea groups is 1. The van der Waals surface area contributed by atoms with Crippen LogP contribution in [0.4, 0.5) is 4.79 Å². The van der Waals surface area contributed by atoms with Crippen molar-refractivity contribution in [2.24, 2.45) is 0 Å². The number of nitrogens with one attached hydrogen (secondary N) is 2. The third-order valence-corrected chi connectivity index (χ3v) is 4.07. The SMILES string of the molecule is Cc1cccc(CC(=O)N2CCC3(C2)NC(=O)NC3=O)c1. The average Bonchev–Trinajstić information content (AvgIpc) is 2.95. The van der Waals surface area contributed by atoms with Crippen molar-refractivity contribution in [1.29, 1.82) is 0 Å². The summed E-state index contributed by atoms with van der Waals surface area (Å²) >= 11 is 0. The number of rotatable bonds is 2. The number of amides is 4. The lowest BCUT2D eigenvalue weighted by Gasteiger charge is -2.21. The Kier molecular flexibility index (Phi) is 3.16. The van der Waals surface area contributed by atoms with Gasteiger partial charge in [0.05, 0.1) is 13.0 Å². The van der Waals surface area contributed by atoms with Crippen LogP contribution in [0.1, 0.15) is 17.5 Å². The van der Waals surface area contributed by atoms with Crippen LogP contribution in [-0.2, 0) is 16.0 Å². The fraction of sp³-hybridized carbons (Fsp3) is 0.400. The number of benzene rings is 1. The number of imide groups is 1. The summed E-state index contributed by atoms with van der Waals surface area (Å²) in [5.74, 6) is -0.357. The molecule has 0 radical (unpaired) electrons. The molecule has 0 saturated carbocycles. The summed E-state index contributed by atoms with van der Waals surface area (Å²) in [7, 11) is 0. The molecule has 1 atom stereocenters. The van der Waals surface area contributed by atoms with Crippen LogP contribution in [0.15, 0.2) is 24.3 Å². The van der Waals surface area contributed by atoms with Crippen LogP contribution in [0.3, 0.4) is 0 Å². The van der Waals surface area contributed by atoms with Gasteiger partial charge in [-0.2, -0.15) is 0 Å². The molecule has 2 saturated heterocycles. The van der Waals surface area contributed by atoms with Gasteiger partial charge >= 0.3 is 6.03 Å². The monoisotopic (exact) mass is 287 g/mol. The van der Waals surface area contributed by atoms with Crippen LogP contribution < -0.4 is 10.6 Å². The highest BCUT2D eigenvalue weighted by atomic mass is 16.2. The number of nitrogens with zero attached hydrogens (tertiary/aromatic N) is 1. The molecule has 21 heavy (non-hydrogen) atoms. The molecule has 1 unspecified atom stereocenters. The van der Waals surface area contributed by atoms with Gasteiger partial charge in [-0.1, -0.05) is 29.8 Å². The molecule has 0 aliphatic carbocycles. The first-order valence-corrected chi connectivity index (χ1v) is 6.95. The van der Waals surface area contributed by atoms with Crippen molar-refractivity contribution >= 4 is 17.8 Å². The molecule has 6 heteroatoms. The summed E-state index contributed by atoms with van der Waals surface area (Å²) in [5.41, 5.74) is 1.14. The quantitative estimate of drug-likeness (QED) is 0.770. The summed E-state index contributed by atoms with van der Waals surface area (Å²) < 4.78 is 0. The molecule has 0 aromatic heterocycles. The third-order valence-electron chi connectivity index (χ3n) is 4.07. The Morgan fingerprint density at radius 3 is 2.86 bits per heavy atom. The van der Waals surface area contributed by atoms with E-state index >= 15 is 0 Å². The average molecular weight is 287 g/mol. The minimum Gasteiger partial charge on any atom is -0.339 e. The second-order valence-corrected chi connectivity index (χ2v) is 5.72. The fourth-order valence-electron chi connectivity index (χ4n) is 2.95.